The van der Waals surface area contributed by atoms with Crippen LogP contribution in [0.3, 0.4) is 0 Å². The number of imidazole rings is 1. The first kappa shape index (κ1) is 16.0. The zero-order chi connectivity index (χ0) is 10.8. The number of rotatable bonds is 2. The molecule has 5 heteroatoms. The molecule has 0 aliphatic carbocycles. The first-order chi connectivity index (χ1) is 7.18. The van der Waals surface area contributed by atoms with Gasteiger partial charge in [0.1, 0.15) is 5.82 Å². The minimum Gasteiger partial charge on any atom is -0.336 e. The van der Waals surface area contributed by atoms with Crippen LogP contribution in [-0.2, 0) is 7.05 Å². The van der Waals surface area contributed by atoms with Crippen LogP contribution in [0.1, 0.15) is 23.0 Å². The van der Waals surface area contributed by atoms with Crippen LogP contribution in [0, 0.1) is 6.92 Å². The van der Waals surface area contributed by atoms with E-state index in [1.54, 1.807) is 6.20 Å². The minimum atomic E-state index is -0.148. The molecule has 2 N–H and O–H groups in total. The molecule has 1 atom stereocenters. The molecule has 0 spiro atoms. The van der Waals surface area contributed by atoms with Gasteiger partial charge in [-0.25, -0.2) is 4.98 Å². The highest BCUT2D eigenvalue weighted by Gasteiger charge is 2.12. The van der Waals surface area contributed by atoms with E-state index < -0.39 is 0 Å². The largest absolute Gasteiger partial charge is 0.336 e. The Morgan fingerprint density at radius 2 is 2.00 bits per heavy atom. The van der Waals surface area contributed by atoms with Gasteiger partial charge < -0.3 is 10.3 Å². The smallest absolute Gasteiger partial charge is 0.129 e. The maximum atomic E-state index is 6.15. The standard InChI is InChI=1S/C12H15N3.2ClH/c1-9-4-3-5-10(8-9)11(13)12-14-6-7-15(12)2;;/h3-8,11H,13H2,1-2H3;2*1H. The Morgan fingerprint density at radius 3 is 2.53 bits per heavy atom. The van der Waals surface area contributed by atoms with Crippen molar-refractivity contribution in [2.75, 3.05) is 0 Å². The van der Waals surface area contributed by atoms with Crippen LogP contribution < -0.4 is 5.73 Å². The van der Waals surface area contributed by atoms with Crippen molar-refractivity contribution in [3.63, 3.8) is 0 Å². The average Bonchev–Trinajstić information content (AvgIpc) is 2.63. The Morgan fingerprint density at radius 1 is 1.29 bits per heavy atom. The maximum absolute atomic E-state index is 6.15. The predicted molar refractivity (Wildman–Crippen MR) is 74.9 cm³/mol. The number of halogens is 2. The van der Waals surface area contributed by atoms with Crippen LogP contribution in [0.5, 0.6) is 0 Å². The second-order valence-electron chi connectivity index (χ2n) is 3.79. The van der Waals surface area contributed by atoms with Crippen LogP contribution in [-0.4, -0.2) is 9.55 Å². The lowest BCUT2D eigenvalue weighted by molar-refractivity contribution is 0.716. The quantitative estimate of drug-likeness (QED) is 0.914. The lowest BCUT2D eigenvalue weighted by Crippen LogP contribution is -2.16. The van der Waals surface area contributed by atoms with Crippen molar-refractivity contribution in [3.8, 4) is 0 Å². The highest BCUT2D eigenvalue weighted by Crippen LogP contribution is 2.18. The van der Waals surface area contributed by atoms with Gasteiger partial charge in [-0.15, -0.1) is 24.8 Å². The van der Waals surface area contributed by atoms with Gasteiger partial charge in [0.2, 0.25) is 0 Å². The number of benzene rings is 1. The molecule has 0 radical (unpaired) electrons. The topological polar surface area (TPSA) is 43.8 Å². The fourth-order valence-corrected chi connectivity index (χ4v) is 1.69. The summed E-state index contributed by atoms with van der Waals surface area (Å²) in [7, 11) is 1.96. The molecule has 0 aliphatic heterocycles. The third kappa shape index (κ3) is 3.46. The molecule has 1 aromatic carbocycles. The predicted octanol–water partition coefficient (Wildman–Crippen LogP) is 2.62. The molecular formula is C12H17Cl2N3. The lowest BCUT2D eigenvalue weighted by Gasteiger charge is -2.12. The molecular weight excluding hydrogens is 257 g/mol. The summed E-state index contributed by atoms with van der Waals surface area (Å²) in [5, 5.41) is 0. The van der Waals surface area contributed by atoms with Crippen LogP contribution in [0.25, 0.3) is 0 Å². The fourth-order valence-electron chi connectivity index (χ4n) is 1.69. The van der Waals surface area contributed by atoms with Crippen molar-refractivity contribution in [3.05, 3.63) is 53.6 Å². The molecule has 2 aromatic rings. The fraction of sp³-hybridized carbons (Fsp3) is 0.250. The zero-order valence-corrected chi connectivity index (χ0v) is 11.5. The maximum Gasteiger partial charge on any atom is 0.129 e. The molecule has 0 aliphatic rings. The first-order valence-corrected chi connectivity index (χ1v) is 4.98. The zero-order valence-electron chi connectivity index (χ0n) is 9.83. The molecule has 1 heterocycles. The number of aromatic nitrogens is 2. The Kier molecular flexibility index (Phi) is 6.24. The Bertz CT molecular complexity index is 468. The van der Waals surface area contributed by atoms with Gasteiger partial charge >= 0.3 is 0 Å². The molecule has 0 fully saturated rings. The van der Waals surface area contributed by atoms with Crippen LogP contribution in [0.15, 0.2) is 36.7 Å². The average molecular weight is 274 g/mol. The van der Waals surface area contributed by atoms with E-state index in [-0.39, 0.29) is 30.9 Å². The number of hydrogen-bond acceptors (Lipinski definition) is 2. The van der Waals surface area contributed by atoms with E-state index >= 15 is 0 Å². The molecule has 0 saturated carbocycles. The van der Waals surface area contributed by atoms with E-state index in [0.29, 0.717) is 0 Å². The monoisotopic (exact) mass is 273 g/mol. The summed E-state index contributed by atoms with van der Waals surface area (Å²) in [5.74, 6) is 0.889. The van der Waals surface area contributed by atoms with Gasteiger partial charge in [-0.3, -0.25) is 0 Å². The molecule has 0 saturated heterocycles. The number of aryl methyl sites for hydroxylation is 2. The third-order valence-electron chi connectivity index (χ3n) is 2.54. The summed E-state index contributed by atoms with van der Waals surface area (Å²) in [6, 6.07) is 8.07. The van der Waals surface area contributed by atoms with Crippen LogP contribution in [0.2, 0.25) is 0 Å². The second kappa shape index (κ2) is 6.64. The molecule has 0 amide bonds. The van der Waals surface area contributed by atoms with Crippen molar-refractivity contribution in [2.24, 2.45) is 12.8 Å². The van der Waals surface area contributed by atoms with Gasteiger partial charge in [0, 0.05) is 19.4 Å². The van der Waals surface area contributed by atoms with Crippen LogP contribution >= 0.6 is 24.8 Å². The SMILES string of the molecule is Cc1cccc(C(N)c2nccn2C)c1.Cl.Cl. The van der Waals surface area contributed by atoms with Gasteiger partial charge in [0.05, 0.1) is 6.04 Å². The number of nitrogens with zero attached hydrogens (tertiary/aromatic N) is 2. The van der Waals surface area contributed by atoms with E-state index in [2.05, 4.69) is 24.0 Å². The molecule has 3 nitrogen and oxygen atoms in total. The Hall–Kier alpha value is -1.03. The van der Waals surface area contributed by atoms with Crippen molar-refractivity contribution in [2.45, 2.75) is 13.0 Å². The first-order valence-electron chi connectivity index (χ1n) is 4.98. The molecule has 17 heavy (non-hydrogen) atoms. The number of hydrogen-bond donors (Lipinski definition) is 1. The number of nitrogens with two attached hydrogens (primary N) is 1. The molecule has 1 unspecified atom stereocenters. The van der Waals surface area contributed by atoms with Crippen LogP contribution in [0.4, 0.5) is 0 Å². The minimum absolute atomic E-state index is 0. The normalized spacial score (nSPS) is 11.2. The van der Waals surface area contributed by atoms with Crippen molar-refractivity contribution >= 4 is 24.8 Å². The van der Waals surface area contributed by atoms with Gasteiger partial charge in [-0.05, 0) is 12.5 Å². The van der Waals surface area contributed by atoms with Gasteiger partial charge in [0.15, 0.2) is 0 Å². The Balaban J connectivity index is 0.00000128. The van der Waals surface area contributed by atoms with E-state index in [1.165, 1.54) is 5.56 Å². The van der Waals surface area contributed by atoms with Gasteiger partial charge in [-0.1, -0.05) is 29.8 Å². The van der Waals surface area contributed by atoms with Gasteiger partial charge in [-0.2, -0.15) is 0 Å². The third-order valence-corrected chi connectivity index (χ3v) is 2.54. The molecule has 0 bridgehead atoms. The van der Waals surface area contributed by atoms with E-state index in [9.17, 15) is 0 Å². The van der Waals surface area contributed by atoms with Crippen molar-refractivity contribution < 1.29 is 0 Å². The van der Waals surface area contributed by atoms with E-state index in [0.717, 1.165) is 11.4 Å². The highest BCUT2D eigenvalue weighted by molar-refractivity contribution is 5.85. The van der Waals surface area contributed by atoms with Crippen molar-refractivity contribution in [1.82, 2.24) is 9.55 Å². The summed E-state index contributed by atoms with van der Waals surface area (Å²) in [6.07, 6.45) is 3.68. The van der Waals surface area contributed by atoms with Gasteiger partial charge in [0.25, 0.3) is 0 Å². The Labute approximate surface area is 114 Å². The molecule has 1 aromatic heterocycles. The van der Waals surface area contributed by atoms with E-state index in [4.69, 9.17) is 5.73 Å². The summed E-state index contributed by atoms with van der Waals surface area (Å²) in [5.41, 5.74) is 8.47. The highest BCUT2D eigenvalue weighted by atomic mass is 35.5. The summed E-state index contributed by atoms with van der Waals surface area (Å²) >= 11 is 0. The lowest BCUT2D eigenvalue weighted by atomic mass is 10.0. The summed E-state index contributed by atoms with van der Waals surface area (Å²) < 4.78 is 1.95. The second-order valence-corrected chi connectivity index (χ2v) is 3.79. The molecule has 94 valence electrons. The summed E-state index contributed by atoms with van der Waals surface area (Å²) in [4.78, 5) is 4.26. The van der Waals surface area contributed by atoms with Crippen molar-refractivity contribution in [1.29, 1.82) is 0 Å². The summed E-state index contributed by atoms with van der Waals surface area (Å²) in [6.45, 7) is 2.06. The molecule has 2 rings (SSSR count). The van der Waals surface area contributed by atoms with E-state index in [1.807, 2.05) is 29.9 Å².